The molecule has 31 heavy (non-hydrogen) atoms. The highest BCUT2D eigenvalue weighted by atomic mass is 33.1. The lowest BCUT2D eigenvalue weighted by molar-refractivity contribution is -0.133. The first-order valence-corrected chi connectivity index (χ1v) is 12.4. The summed E-state index contributed by atoms with van der Waals surface area (Å²) < 4.78 is 0. The summed E-state index contributed by atoms with van der Waals surface area (Å²) in [5.74, 6) is -0.243. The Labute approximate surface area is 189 Å². The fraction of sp³-hybridized carbons (Fsp3) is 0.500. The second-order valence-corrected chi connectivity index (χ2v) is 9.78. The van der Waals surface area contributed by atoms with Crippen molar-refractivity contribution in [3.63, 3.8) is 0 Å². The van der Waals surface area contributed by atoms with E-state index in [1.54, 1.807) is 33.7 Å². The number of nitrogens with one attached hydrogen (secondary N) is 4. The van der Waals surface area contributed by atoms with Gasteiger partial charge < -0.3 is 26.4 Å². The summed E-state index contributed by atoms with van der Waals surface area (Å²) >= 11 is 0. The van der Waals surface area contributed by atoms with Crippen molar-refractivity contribution < 1.29 is 24.3 Å². The molecular formula is C20H28N4O5S2. The molecule has 1 aliphatic rings. The van der Waals surface area contributed by atoms with Crippen LogP contribution in [0.3, 0.4) is 0 Å². The monoisotopic (exact) mass is 468 g/mol. The van der Waals surface area contributed by atoms with Gasteiger partial charge in [0.25, 0.3) is 0 Å². The lowest BCUT2D eigenvalue weighted by atomic mass is 10.0. The maximum Gasteiger partial charge on any atom is 0.243 e. The lowest BCUT2D eigenvalue weighted by Crippen LogP contribution is -2.57. The largest absolute Gasteiger partial charge is 0.508 e. The first kappa shape index (κ1) is 24.9. The van der Waals surface area contributed by atoms with Crippen molar-refractivity contribution in [2.45, 2.75) is 44.3 Å². The molecule has 0 saturated carbocycles. The van der Waals surface area contributed by atoms with E-state index in [2.05, 4.69) is 21.3 Å². The van der Waals surface area contributed by atoms with Crippen LogP contribution in [-0.2, 0) is 25.6 Å². The normalized spacial score (nSPS) is 23.2. The molecule has 1 heterocycles. The molecule has 0 radical (unpaired) electrons. The van der Waals surface area contributed by atoms with E-state index in [9.17, 15) is 24.3 Å². The molecule has 2 rings (SSSR count). The lowest BCUT2D eigenvalue weighted by Gasteiger charge is -2.24. The van der Waals surface area contributed by atoms with Crippen LogP contribution in [0, 0.1) is 0 Å². The molecule has 11 heteroatoms. The number of amides is 4. The standard InChI is InChI=1S/C20H28N4O5S2/c1-12(25)22-16-8-10-31-30-9-7-15(18(27)21-2)23-20(29)17(24-19(16)28)11-13-3-5-14(26)6-4-13/h3-6,15-17,26H,7-11H2,1-2H3,(H,21,27)(H,22,25)(H,23,29)(H,24,28)/t15-,16-,17-/m0/s1. The van der Waals surface area contributed by atoms with Crippen LogP contribution in [-0.4, -0.2) is 65.4 Å². The Morgan fingerprint density at radius 1 is 1.06 bits per heavy atom. The molecule has 0 aliphatic carbocycles. The Kier molecular flexibility index (Phi) is 9.99. The van der Waals surface area contributed by atoms with Crippen LogP contribution >= 0.6 is 21.6 Å². The zero-order valence-electron chi connectivity index (χ0n) is 17.5. The Bertz CT molecular complexity index is 790. The average molecular weight is 469 g/mol. The summed E-state index contributed by atoms with van der Waals surface area (Å²) in [6, 6.07) is 3.86. The minimum absolute atomic E-state index is 0.0904. The van der Waals surface area contributed by atoms with Crippen molar-refractivity contribution in [1.82, 2.24) is 21.3 Å². The van der Waals surface area contributed by atoms with Gasteiger partial charge in [-0.25, -0.2) is 0 Å². The summed E-state index contributed by atoms with van der Waals surface area (Å²) in [6.07, 6.45) is 1.02. The number of phenols is 1. The Balaban J connectivity index is 2.27. The van der Waals surface area contributed by atoms with Crippen LogP contribution in [0.5, 0.6) is 5.75 Å². The van der Waals surface area contributed by atoms with Crippen molar-refractivity contribution in [1.29, 1.82) is 0 Å². The highest BCUT2D eigenvalue weighted by molar-refractivity contribution is 8.76. The first-order chi connectivity index (χ1) is 14.8. The molecular weight excluding hydrogens is 440 g/mol. The van der Waals surface area contributed by atoms with Gasteiger partial charge in [0.2, 0.25) is 23.6 Å². The summed E-state index contributed by atoms with van der Waals surface area (Å²) in [6.45, 7) is 1.34. The van der Waals surface area contributed by atoms with Gasteiger partial charge >= 0.3 is 0 Å². The maximum atomic E-state index is 13.0. The third-order valence-corrected chi connectivity index (χ3v) is 7.12. The van der Waals surface area contributed by atoms with Gasteiger partial charge in [-0.3, -0.25) is 19.2 Å². The number of benzene rings is 1. The minimum Gasteiger partial charge on any atom is -0.508 e. The van der Waals surface area contributed by atoms with Crippen molar-refractivity contribution in [2.75, 3.05) is 18.6 Å². The van der Waals surface area contributed by atoms with Crippen LogP contribution in [0.25, 0.3) is 0 Å². The fourth-order valence-corrected chi connectivity index (χ4v) is 5.21. The zero-order chi connectivity index (χ0) is 22.8. The minimum atomic E-state index is -0.957. The molecule has 0 unspecified atom stereocenters. The second kappa shape index (κ2) is 12.5. The van der Waals surface area contributed by atoms with Crippen molar-refractivity contribution in [3.8, 4) is 5.75 Å². The van der Waals surface area contributed by atoms with E-state index in [1.807, 2.05) is 0 Å². The van der Waals surface area contributed by atoms with Crippen LogP contribution in [0.4, 0.5) is 0 Å². The molecule has 1 aliphatic heterocycles. The van der Waals surface area contributed by atoms with Crippen molar-refractivity contribution in [3.05, 3.63) is 29.8 Å². The molecule has 4 amide bonds. The quantitative estimate of drug-likeness (QED) is 0.402. The smallest absolute Gasteiger partial charge is 0.243 e. The van der Waals surface area contributed by atoms with E-state index in [0.29, 0.717) is 24.3 Å². The van der Waals surface area contributed by atoms with E-state index < -0.39 is 29.9 Å². The number of hydrogen-bond donors (Lipinski definition) is 5. The van der Waals surface area contributed by atoms with Crippen LogP contribution in [0.2, 0.25) is 0 Å². The Morgan fingerprint density at radius 2 is 1.71 bits per heavy atom. The number of phenolic OH excluding ortho intramolecular Hbond substituents is 1. The van der Waals surface area contributed by atoms with Gasteiger partial charge in [0.1, 0.15) is 23.9 Å². The predicted octanol–water partition coefficient (Wildman–Crippen LogP) is 0.330. The van der Waals surface area contributed by atoms with E-state index in [0.717, 1.165) is 5.56 Å². The van der Waals surface area contributed by atoms with Crippen LogP contribution in [0.1, 0.15) is 25.3 Å². The molecule has 9 nitrogen and oxygen atoms in total. The summed E-state index contributed by atoms with van der Waals surface area (Å²) in [4.78, 5) is 49.7. The van der Waals surface area contributed by atoms with Crippen LogP contribution in [0.15, 0.2) is 24.3 Å². The van der Waals surface area contributed by atoms with Gasteiger partial charge in [0.05, 0.1) is 0 Å². The number of carbonyl (C=O) groups is 4. The van der Waals surface area contributed by atoms with Gasteiger partial charge in [-0.2, -0.15) is 0 Å². The maximum absolute atomic E-state index is 13.0. The van der Waals surface area contributed by atoms with Crippen molar-refractivity contribution in [2.24, 2.45) is 0 Å². The van der Waals surface area contributed by atoms with Crippen molar-refractivity contribution >= 4 is 45.2 Å². The predicted molar refractivity (Wildman–Crippen MR) is 121 cm³/mol. The number of aromatic hydroxyl groups is 1. The van der Waals surface area contributed by atoms with Crippen LogP contribution < -0.4 is 21.3 Å². The zero-order valence-corrected chi connectivity index (χ0v) is 19.1. The highest BCUT2D eigenvalue weighted by Gasteiger charge is 2.29. The van der Waals surface area contributed by atoms with Gasteiger partial charge in [0, 0.05) is 31.9 Å². The second-order valence-electron chi connectivity index (χ2n) is 7.08. The van der Waals surface area contributed by atoms with Gasteiger partial charge in [0.15, 0.2) is 0 Å². The van der Waals surface area contributed by atoms with Gasteiger partial charge in [-0.15, -0.1) is 0 Å². The summed E-state index contributed by atoms with van der Waals surface area (Å²) in [5.41, 5.74) is 0.723. The molecule has 0 aromatic heterocycles. The molecule has 1 fully saturated rings. The first-order valence-electron chi connectivity index (χ1n) is 9.92. The molecule has 170 valence electrons. The fourth-order valence-electron chi connectivity index (χ4n) is 3.03. The molecule has 1 aromatic carbocycles. The molecule has 1 aromatic rings. The molecule has 0 spiro atoms. The molecule has 0 bridgehead atoms. The third kappa shape index (κ3) is 8.33. The number of rotatable bonds is 4. The molecule has 5 N–H and O–H groups in total. The number of likely N-dealkylation sites (N-methyl/N-ethyl adjacent to an activating group) is 1. The topological polar surface area (TPSA) is 137 Å². The Morgan fingerprint density at radius 3 is 2.32 bits per heavy atom. The van der Waals surface area contributed by atoms with E-state index in [1.165, 1.54) is 26.1 Å². The molecule has 3 atom stereocenters. The van der Waals surface area contributed by atoms with E-state index >= 15 is 0 Å². The third-order valence-electron chi connectivity index (χ3n) is 4.65. The summed E-state index contributed by atoms with van der Waals surface area (Å²) in [5, 5.41) is 20.2. The molecule has 1 saturated heterocycles. The Hall–Kier alpha value is -2.40. The van der Waals surface area contributed by atoms with Gasteiger partial charge in [-0.05, 0) is 30.5 Å². The number of hydrogen-bond acceptors (Lipinski definition) is 7. The highest BCUT2D eigenvalue weighted by Crippen LogP contribution is 2.24. The average Bonchev–Trinajstić information content (AvgIpc) is 2.74. The van der Waals surface area contributed by atoms with E-state index in [4.69, 9.17) is 0 Å². The SMILES string of the molecule is CNC(=O)[C@@H]1CCSSCC[C@H](NC(C)=O)C(=O)N[C@@H](Cc2ccc(O)cc2)C(=O)N1. The summed E-state index contributed by atoms with van der Waals surface area (Å²) in [7, 11) is 4.61. The van der Waals surface area contributed by atoms with Gasteiger partial charge in [-0.1, -0.05) is 33.7 Å². The van der Waals surface area contributed by atoms with E-state index in [-0.39, 0.29) is 24.0 Å². The number of carbonyl (C=O) groups excluding carboxylic acids is 4.